The van der Waals surface area contributed by atoms with Crippen molar-refractivity contribution in [3.63, 3.8) is 0 Å². The Balaban J connectivity index is 1.88. The monoisotopic (exact) mass is 343 g/mol. The van der Waals surface area contributed by atoms with Crippen molar-refractivity contribution in [3.8, 4) is 11.4 Å². The van der Waals surface area contributed by atoms with Gasteiger partial charge in [-0.1, -0.05) is 45.4 Å². The SMILES string of the molecule is Cc1ccc(-c2noc(Cc3ccccc3N)n2)c(Br)c1. The van der Waals surface area contributed by atoms with Crippen LogP contribution in [0.25, 0.3) is 11.4 Å². The Labute approximate surface area is 131 Å². The van der Waals surface area contributed by atoms with Gasteiger partial charge in [0.05, 0.1) is 6.42 Å². The number of para-hydroxylation sites is 1. The molecule has 1 heterocycles. The molecule has 0 radical (unpaired) electrons. The van der Waals surface area contributed by atoms with Crippen LogP contribution in [0, 0.1) is 6.92 Å². The Morgan fingerprint density at radius 2 is 2.00 bits per heavy atom. The van der Waals surface area contributed by atoms with Crippen LogP contribution in [-0.4, -0.2) is 10.1 Å². The van der Waals surface area contributed by atoms with E-state index in [1.807, 2.05) is 49.4 Å². The second-order valence-electron chi connectivity index (χ2n) is 4.87. The Bertz CT molecular complexity index is 783. The first-order valence-corrected chi connectivity index (χ1v) is 7.35. The fourth-order valence-corrected chi connectivity index (χ4v) is 2.77. The van der Waals surface area contributed by atoms with Crippen LogP contribution in [0.3, 0.4) is 0 Å². The molecular formula is C16H14BrN3O. The van der Waals surface area contributed by atoms with E-state index in [0.717, 1.165) is 21.3 Å². The normalized spacial score (nSPS) is 10.8. The predicted octanol–water partition coefficient (Wildman–Crippen LogP) is 3.98. The maximum absolute atomic E-state index is 5.93. The summed E-state index contributed by atoms with van der Waals surface area (Å²) in [4.78, 5) is 4.44. The van der Waals surface area contributed by atoms with Crippen LogP contribution in [0.4, 0.5) is 5.69 Å². The second-order valence-corrected chi connectivity index (χ2v) is 5.72. The van der Waals surface area contributed by atoms with Crippen molar-refractivity contribution in [3.05, 3.63) is 64.0 Å². The fraction of sp³-hybridized carbons (Fsp3) is 0.125. The minimum Gasteiger partial charge on any atom is -0.398 e. The number of aromatic nitrogens is 2. The lowest BCUT2D eigenvalue weighted by Crippen LogP contribution is -1.95. The molecule has 0 spiro atoms. The summed E-state index contributed by atoms with van der Waals surface area (Å²) in [5, 5.41) is 4.05. The molecule has 5 heteroatoms. The quantitative estimate of drug-likeness (QED) is 0.730. The van der Waals surface area contributed by atoms with Crippen molar-refractivity contribution in [1.29, 1.82) is 0 Å². The standard InChI is InChI=1S/C16H14BrN3O/c1-10-6-7-12(13(17)8-10)16-19-15(21-20-16)9-11-4-2-3-5-14(11)18/h2-8H,9,18H2,1H3. The molecule has 21 heavy (non-hydrogen) atoms. The molecule has 0 fully saturated rings. The third-order valence-electron chi connectivity index (χ3n) is 3.23. The number of halogens is 1. The van der Waals surface area contributed by atoms with Crippen molar-refractivity contribution in [2.45, 2.75) is 13.3 Å². The molecule has 106 valence electrons. The first-order chi connectivity index (χ1) is 10.1. The van der Waals surface area contributed by atoms with E-state index in [1.54, 1.807) is 0 Å². The van der Waals surface area contributed by atoms with E-state index < -0.39 is 0 Å². The van der Waals surface area contributed by atoms with Gasteiger partial charge in [-0.05, 0) is 36.2 Å². The maximum Gasteiger partial charge on any atom is 0.231 e. The van der Waals surface area contributed by atoms with Gasteiger partial charge in [-0.3, -0.25) is 0 Å². The van der Waals surface area contributed by atoms with Gasteiger partial charge >= 0.3 is 0 Å². The van der Waals surface area contributed by atoms with Crippen molar-refractivity contribution in [2.24, 2.45) is 0 Å². The summed E-state index contributed by atoms with van der Waals surface area (Å²) in [5.41, 5.74) is 9.73. The van der Waals surface area contributed by atoms with Crippen LogP contribution >= 0.6 is 15.9 Å². The zero-order valence-electron chi connectivity index (χ0n) is 11.5. The molecule has 0 aliphatic carbocycles. The number of aryl methyl sites for hydroxylation is 1. The summed E-state index contributed by atoms with van der Waals surface area (Å²) in [6.45, 7) is 2.04. The van der Waals surface area contributed by atoms with Crippen molar-refractivity contribution in [1.82, 2.24) is 10.1 Å². The lowest BCUT2D eigenvalue weighted by Gasteiger charge is -2.01. The lowest BCUT2D eigenvalue weighted by atomic mass is 10.1. The molecule has 0 unspecified atom stereocenters. The highest BCUT2D eigenvalue weighted by molar-refractivity contribution is 9.10. The number of nitrogens with two attached hydrogens (primary N) is 1. The van der Waals surface area contributed by atoms with E-state index in [4.69, 9.17) is 10.3 Å². The van der Waals surface area contributed by atoms with Crippen molar-refractivity contribution >= 4 is 21.6 Å². The summed E-state index contributed by atoms with van der Waals surface area (Å²) in [5.74, 6) is 1.13. The number of benzene rings is 2. The molecular weight excluding hydrogens is 330 g/mol. The molecule has 4 nitrogen and oxygen atoms in total. The Kier molecular flexibility index (Phi) is 3.75. The molecule has 3 aromatic rings. The third-order valence-corrected chi connectivity index (χ3v) is 3.89. The summed E-state index contributed by atoms with van der Waals surface area (Å²) < 4.78 is 6.28. The number of nitrogen functional groups attached to an aromatic ring is 1. The van der Waals surface area contributed by atoms with E-state index in [-0.39, 0.29) is 0 Å². The first-order valence-electron chi connectivity index (χ1n) is 6.56. The van der Waals surface area contributed by atoms with Gasteiger partial charge in [0, 0.05) is 15.7 Å². The topological polar surface area (TPSA) is 64.9 Å². The first kappa shape index (κ1) is 13.8. The van der Waals surface area contributed by atoms with E-state index in [9.17, 15) is 0 Å². The highest BCUT2D eigenvalue weighted by Gasteiger charge is 2.12. The van der Waals surface area contributed by atoms with E-state index >= 15 is 0 Å². The summed E-state index contributed by atoms with van der Waals surface area (Å²) in [7, 11) is 0. The zero-order valence-corrected chi connectivity index (χ0v) is 13.1. The summed E-state index contributed by atoms with van der Waals surface area (Å²) in [6.07, 6.45) is 0.531. The molecule has 1 aromatic heterocycles. The van der Waals surface area contributed by atoms with E-state index in [0.29, 0.717) is 18.1 Å². The van der Waals surface area contributed by atoms with Crippen LogP contribution in [0.2, 0.25) is 0 Å². The van der Waals surface area contributed by atoms with Crippen molar-refractivity contribution in [2.75, 3.05) is 5.73 Å². The molecule has 0 saturated carbocycles. The van der Waals surface area contributed by atoms with Gasteiger partial charge in [-0.25, -0.2) is 0 Å². The highest BCUT2D eigenvalue weighted by Crippen LogP contribution is 2.27. The van der Waals surface area contributed by atoms with Crippen LogP contribution in [0.15, 0.2) is 51.5 Å². The Morgan fingerprint density at radius 3 is 2.76 bits per heavy atom. The minimum absolute atomic E-state index is 0.531. The van der Waals surface area contributed by atoms with E-state index in [2.05, 4.69) is 26.1 Å². The number of hydrogen-bond donors (Lipinski definition) is 1. The van der Waals surface area contributed by atoms with Crippen LogP contribution in [0.5, 0.6) is 0 Å². The summed E-state index contributed by atoms with van der Waals surface area (Å²) >= 11 is 3.53. The average Bonchev–Trinajstić information content (AvgIpc) is 2.90. The highest BCUT2D eigenvalue weighted by atomic mass is 79.9. The lowest BCUT2D eigenvalue weighted by molar-refractivity contribution is 0.386. The zero-order chi connectivity index (χ0) is 14.8. The smallest absolute Gasteiger partial charge is 0.231 e. The number of nitrogens with zero attached hydrogens (tertiary/aromatic N) is 2. The summed E-state index contributed by atoms with van der Waals surface area (Å²) in [6, 6.07) is 13.7. The average molecular weight is 344 g/mol. The number of hydrogen-bond acceptors (Lipinski definition) is 4. The van der Waals surface area contributed by atoms with Gasteiger partial charge in [0.1, 0.15) is 0 Å². The molecule has 3 rings (SSSR count). The van der Waals surface area contributed by atoms with Crippen LogP contribution < -0.4 is 5.73 Å². The number of anilines is 1. The molecule has 0 bridgehead atoms. The Morgan fingerprint density at radius 1 is 1.19 bits per heavy atom. The van der Waals surface area contributed by atoms with Gasteiger partial charge in [-0.15, -0.1) is 0 Å². The molecule has 0 aliphatic heterocycles. The molecule has 0 atom stereocenters. The van der Waals surface area contributed by atoms with Crippen LogP contribution in [-0.2, 0) is 6.42 Å². The molecule has 0 amide bonds. The minimum atomic E-state index is 0.531. The fourth-order valence-electron chi connectivity index (χ4n) is 2.10. The van der Waals surface area contributed by atoms with Gasteiger partial charge in [0.2, 0.25) is 11.7 Å². The van der Waals surface area contributed by atoms with Gasteiger partial charge < -0.3 is 10.3 Å². The predicted molar refractivity (Wildman–Crippen MR) is 85.8 cm³/mol. The Hall–Kier alpha value is -2.14. The third kappa shape index (κ3) is 2.97. The molecule has 2 aromatic carbocycles. The van der Waals surface area contributed by atoms with E-state index in [1.165, 1.54) is 5.56 Å². The molecule has 2 N–H and O–H groups in total. The van der Waals surface area contributed by atoms with Gasteiger partial charge in [0.25, 0.3) is 0 Å². The number of rotatable bonds is 3. The van der Waals surface area contributed by atoms with Gasteiger partial charge in [0.15, 0.2) is 0 Å². The van der Waals surface area contributed by atoms with Gasteiger partial charge in [-0.2, -0.15) is 4.98 Å². The van der Waals surface area contributed by atoms with Crippen molar-refractivity contribution < 1.29 is 4.52 Å². The molecule has 0 aliphatic rings. The maximum atomic E-state index is 5.93. The molecule has 0 saturated heterocycles. The second kappa shape index (κ2) is 5.69. The van der Waals surface area contributed by atoms with Crippen LogP contribution in [0.1, 0.15) is 17.0 Å². The largest absolute Gasteiger partial charge is 0.398 e.